The van der Waals surface area contributed by atoms with Crippen molar-refractivity contribution in [3.63, 3.8) is 0 Å². The first-order chi connectivity index (χ1) is 11.6. The van der Waals surface area contributed by atoms with Gasteiger partial charge in [-0.3, -0.25) is 4.72 Å². The largest absolute Gasteiger partial charge is 0.367 e. The minimum atomic E-state index is -3.57. The van der Waals surface area contributed by atoms with Crippen molar-refractivity contribution in [2.45, 2.75) is 49.5 Å². The first-order valence-corrected chi connectivity index (χ1v) is 9.92. The minimum Gasteiger partial charge on any atom is -0.367 e. The number of anilines is 2. The molecule has 1 aliphatic carbocycles. The molecule has 0 amide bonds. The van der Waals surface area contributed by atoms with Crippen LogP contribution in [0.25, 0.3) is 0 Å². The number of aromatic nitrogens is 1. The van der Waals surface area contributed by atoms with Crippen molar-refractivity contribution in [1.29, 1.82) is 0 Å². The van der Waals surface area contributed by atoms with E-state index in [2.05, 4.69) is 15.0 Å². The lowest BCUT2D eigenvalue weighted by atomic mass is 10.1. The standard InChI is InChI=1S/C18H23N3O2S/c22-24(23,17-10-6-3-7-11-17)21-16-12-13-18(19-14-16)20-15-8-4-1-2-5-9-15/h3,6-7,10-15,21H,1-2,4-5,8-9H2,(H,19,20). The smallest absolute Gasteiger partial charge is 0.261 e. The molecular formula is C18H23N3O2S. The molecule has 1 aliphatic rings. The predicted molar refractivity (Wildman–Crippen MR) is 96.6 cm³/mol. The second kappa shape index (κ2) is 7.66. The van der Waals surface area contributed by atoms with Crippen LogP contribution in [0.2, 0.25) is 0 Å². The third kappa shape index (κ3) is 4.47. The van der Waals surface area contributed by atoms with E-state index in [9.17, 15) is 8.42 Å². The Hall–Kier alpha value is -2.08. The van der Waals surface area contributed by atoms with Gasteiger partial charge in [-0.25, -0.2) is 13.4 Å². The van der Waals surface area contributed by atoms with E-state index < -0.39 is 10.0 Å². The zero-order valence-corrected chi connectivity index (χ0v) is 14.4. The van der Waals surface area contributed by atoms with Gasteiger partial charge < -0.3 is 5.32 Å². The summed E-state index contributed by atoms with van der Waals surface area (Å²) < 4.78 is 27.1. The van der Waals surface area contributed by atoms with Crippen LogP contribution in [-0.2, 0) is 10.0 Å². The summed E-state index contributed by atoms with van der Waals surface area (Å²) >= 11 is 0. The fraction of sp³-hybridized carbons (Fsp3) is 0.389. The van der Waals surface area contributed by atoms with Crippen LogP contribution in [0.4, 0.5) is 11.5 Å². The van der Waals surface area contributed by atoms with E-state index >= 15 is 0 Å². The summed E-state index contributed by atoms with van der Waals surface area (Å²) in [5.41, 5.74) is 0.463. The molecule has 2 aromatic rings. The molecule has 1 saturated carbocycles. The first-order valence-electron chi connectivity index (χ1n) is 8.44. The van der Waals surface area contributed by atoms with Crippen LogP contribution in [-0.4, -0.2) is 19.4 Å². The van der Waals surface area contributed by atoms with E-state index in [0.29, 0.717) is 11.7 Å². The number of hydrogen-bond donors (Lipinski definition) is 2. The van der Waals surface area contributed by atoms with Gasteiger partial charge in [0.05, 0.1) is 16.8 Å². The molecule has 128 valence electrons. The number of sulfonamides is 1. The molecule has 1 heterocycles. The van der Waals surface area contributed by atoms with Crippen LogP contribution in [0.5, 0.6) is 0 Å². The Morgan fingerprint density at radius 2 is 1.62 bits per heavy atom. The zero-order valence-electron chi connectivity index (χ0n) is 13.6. The summed E-state index contributed by atoms with van der Waals surface area (Å²) in [6, 6.07) is 12.4. The maximum Gasteiger partial charge on any atom is 0.261 e. The number of hydrogen-bond acceptors (Lipinski definition) is 4. The predicted octanol–water partition coefficient (Wildman–Crippen LogP) is 4.02. The lowest BCUT2D eigenvalue weighted by Gasteiger charge is -2.17. The number of nitrogens with one attached hydrogen (secondary N) is 2. The molecule has 1 aromatic heterocycles. The Morgan fingerprint density at radius 1 is 0.917 bits per heavy atom. The summed E-state index contributed by atoms with van der Waals surface area (Å²) in [5, 5.41) is 3.45. The van der Waals surface area contributed by atoms with Gasteiger partial charge in [-0.1, -0.05) is 43.9 Å². The fourth-order valence-electron chi connectivity index (χ4n) is 2.99. The Morgan fingerprint density at radius 3 is 2.25 bits per heavy atom. The number of benzene rings is 1. The van der Waals surface area contributed by atoms with Crippen molar-refractivity contribution in [3.8, 4) is 0 Å². The molecule has 0 unspecified atom stereocenters. The normalized spacial score (nSPS) is 16.3. The number of pyridine rings is 1. The third-order valence-electron chi connectivity index (χ3n) is 4.28. The lowest BCUT2D eigenvalue weighted by Crippen LogP contribution is -2.19. The molecule has 0 bridgehead atoms. The first kappa shape index (κ1) is 16.8. The van der Waals surface area contributed by atoms with Crippen LogP contribution < -0.4 is 10.0 Å². The van der Waals surface area contributed by atoms with Crippen LogP contribution >= 0.6 is 0 Å². The molecule has 3 rings (SSSR count). The second-order valence-electron chi connectivity index (χ2n) is 6.18. The maximum atomic E-state index is 12.3. The topological polar surface area (TPSA) is 71.1 Å². The highest BCUT2D eigenvalue weighted by Crippen LogP contribution is 2.21. The highest BCUT2D eigenvalue weighted by Gasteiger charge is 2.15. The summed E-state index contributed by atoms with van der Waals surface area (Å²) in [6.45, 7) is 0. The third-order valence-corrected chi connectivity index (χ3v) is 5.67. The van der Waals surface area contributed by atoms with Gasteiger partial charge in [0.1, 0.15) is 5.82 Å². The van der Waals surface area contributed by atoms with Gasteiger partial charge in [0.2, 0.25) is 0 Å². The van der Waals surface area contributed by atoms with Crippen molar-refractivity contribution in [3.05, 3.63) is 48.7 Å². The van der Waals surface area contributed by atoms with Gasteiger partial charge in [0.15, 0.2) is 0 Å². The van der Waals surface area contributed by atoms with E-state index in [1.807, 2.05) is 6.07 Å². The molecule has 6 heteroatoms. The van der Waals surface area contributed by atoms with Crippen molar-refractivity contribution in [1.82, 2.24) is 4.98 Å². The van der Waals surface area contributed by atoms with E-state index in [1.54, 1.807) is 42.6 Å². The Kier molecular flexibility index (Phi) is 5.35. The Labute approximate surface area is 143 Å². The van der Waals surface area contributed by atoms with Crippen molar-refractivity contribution in [2.75, 3.05) is 10.0 Å². The van der Waals surface area contributed by atoms with Gasteiger partial charge >= 0.3 is 0 Å². The molecule has 0 spiro atoms. The lowest BCUT2D eigenvalue weighted by molar-refractivity contribution is 0.601. The molecule has 24 heavy (non-hydrogen) atoms. The van der Waals surface area contributed by atoms with E-state index in [0.717, 1.165) is 5.82 Å². The highest BCUT2D eigenvalue weighted by molar-refractivity contribution is 7.92. The maximum absolute atomic E-state index is 12.3. The molecule has 0 atom stereocenters. The summed E-state index contributed by atoms with van der Waals surface area (Å²) in [6.07, 6.45) is 9.03. The Balaban J connectivity index is 1.64. The molecule has 1 fully saturated rings. The van der Waals surface area contributed by atoms with Gasteiger partial charge in [0, 0.05) is 6.04 Å². The minimum absolute atomic E-state index is 0.241. The van der Waals surface area contributed by atoms with Crippen molar-refractivity contribution in [2.24, 2.45) is 0 Å². The molecule has 5 nitrogen and oxygen atoms in total. The summed E-state index contributed by atoms with van der Waals surface area (Å²) in [7, 11) is -3.57. The Bertz CT molecular complexity index is 738. The van der Waals surface area contributed by atoms with E-state index in [1.165, 1.54) is 38.5 Å². The SMILES string of the molecule is O=S(=O)(Nc1ccc(NC2CCCCCC2)nc1)c1ccccc1. The van der Waals surface area contributed by atoms with Crippen LogP contribution in [0, 0.1) is 0 Å². The molecule has 1 aromatic carbocycles. The van der Waals surface area contributed by atoms with Gasteiger partial charge in [-0.05, 0) is 37.1 Å². The highest BCUT2D eigenvalue weighted by atomic mass is 32.2. The monoisotopic (exact) mass is 345 g/mol. The van der Waals surface area contributed by atoms with Crippen LogP contribution in [0.3, 0.4) is 0 Å². The molecule has 0 aliphatic heterocycles. The number of nitrogens with zero attached hydrogens (tertiary/aromatic N) is 1. The zero-order chi connectivity index (χ0) is 16.8. The van der Waals surface area contributed by atoms with Gasteiger partial charge in [-0.15, -0.1) is 0 Å². The quantitative estimate of drug-likeness (QED) is 0.803. The second-order valence-corrected chi connectivity index (χ2v) is 7.87. The van der Waals surface area contributed by atoms with Crippen LogP contribution in [0.1, 0.15) is 38.5 Å². The van der Waals surface area contributed by atoms with E-state index in [4.69, 9.17) is 0 Å². The summed E-state index contributed by atoms with van der Waals surface area (Å²) in [4.78, 5) is 4.58. The van der Waals surface area contributed by atoms with Crippen molar-refractivity contribution >= 4 is 21.5 Å². The summed E-state index contributed by atoms with van der Waals surface area (Å²) in [5.74, 6) is 0.796. The van der Waals surface area contributed by atoms with Gasteiger partial charge in [0.25, 0.3) is 10.0 Å². The fourth-order valence-corrected chi connectivity index (χ4v) is 4.05. The van der Waals surface area contributed by atoms with Gasteiger partial charge in [-0.2, -0.15) is 0 Å². The average molecular weight is 345 g/mol. The molecule has 0 saturated heterocycles. The molecule has 2 N–H and O–H groups in total. The van der Waals surface area contributed by atoms with Crippen molar-refractivity contribution < 1.29 is 8.42 Å². The number of rotatable bonds is 5. The molecule has 0 radical (unpaired) electrons. The average Bonchev–Trinajstić information content (AvgIpc) is 2.86. The van der Waals surface area contributed by atoms with E-state index in [-0.39, 0.29) is 4.90 Å². The molecular weight excluding hydrogens is 322 g/mol. The van der Waals surface area contributed by atoms with Crippen LogP contribution in [0.15, 0.2) is 53.6 Å².